The van der Waals surface area contributed by atoms with Crippen molar-refractivity contribution >= 4 is 46.6 Å². The lowest BCUT2D eigenvalue weighted by atomic mass is 9.85. The molecule has 16 nitrogen and oxygen atoms in total. The van der Waals surface area contributed by atoms with Gasteiger partial charge in [0.05, 0.1) is 13.2 Å². The van der Waals surface area contributed by atoms with Gasteiger partial charge in [-0.2, -0.15) is 0 Å². The van der Waals surface area contributed by atoms with Crippen molar-refractivity contribution in [3.63, 3.8) is 0 Å². The van der Waals surface area contributed by atoms with Crippen molar-refractivity contribution in [1.29, 1.82) is 0 Å². The summed E-state index contributed by atoms with van der Waals surface area (Å²) in [7, 11) is 0. The summed E-state index contributed by atoms with van der Waals surface area (Å²) in [6.07, 6.45) is -0.801. The van der Waals surface area contributed by atoms with Gasteiger partial charge in [-0.15, -0.1) is 0 Å². The monoisotopic (exact) mass is 940 g/mol. The van der Waals surface area contributed by atoms with E-state index in [1.165, 1.54) is 0 Å². The zero-order valence-corrected chi connectivity index (χ0v) is 39.3. The number of fused-ring (bicyclic) bond motifs is 16. The van der Waals surface area contributed by atoms with E-state index in [1.54, 1.807) is 9.80 Å². The number of nitrogens with one attached hydrogen (secondary N) is 2. The fourth-order valence-corrected chi connectivity index (χ4v) is 10.7. The minimum absolute atomic E-state index is 0.0310. The van der Waals surface area contributed by atoms with Crippen molar-refractivity contribution in [1.82, 2.24) is 20.6 Å². The average Bonchev–Trinajstić information content (AvgIpc) is 4.12. The van der Waals surface area contributed by atoms with Crippen LogP contribution in [0.25, 0.3) is 0 Å². The first-order valence-electron chi connectivity index (χ1n) is 23.5. The lowest BCUT2D eigenvalue weighted by Gasteiger charge is -2.28. The number of carbonyl (C=O) groups excluding carboxylic acids is 4. The van der Waals surface area contributed by atoms with Crippen LogP contribution in [0.4, 0.5) is 23.0 Å². The van der Waals surface area contributed by atoms with Crippen LogP contribution < -0.4 is 31.9 Å². The van der Waals surface area contributed by atoms with Gasteiger partial charge in [0.25, 0.3) is 23.6 Å². The molecule has 6 aromatic rings. The Labute approximate surface area is 404 Å². The topological polar surface area (TPSA) is 214 Å². The zero-order valence-electron chi connectivity index (χ0n) is 39.3. The SMILES string of the molecule is Cc1cc(N)nc(C)c1CNC(=O)c1ccc2c(c1)C1OC2c2cc(N3CCOCC3=O)ccc21.Cc1cc(N)nc(C)c1CNC(=O)c1ccc2c(c1)C1OC2c2ccc(N3CCOCC3=O)cc21. The Morgan fingerprint density at radius 1 is 0.543 bits per heavy atom. The highest BCUT2D eigenvalue weighted by atomic mass is 16.5. The third-order valence-electron chi connectivity index (χ3n) is 14.2. The number of amides is 4. The molecule has 4 unspecified atom stereocenters. The van der Waals surface area contributed by atoms with E-state index in [2.05, 4.69) is 26.7 Å². The second-order valence-electron chi connectivity index (χ2n) is 18.5. The molecule has 356 valence electrons. The molecule has 0 spiro atoms. The quantitative estimate of drug-likeness (QED) is 0.135. The van der Waals surface area contributed by atoms with Gasteiger partial charge in [-0.1, -0.05) is 24.3 Å². The van der Waals surface area contributed by atoms with Gasteiger partial charge < -0.3 is 50.8 Å². The first-order valence-corrected chi connectivity index (χ1v) is 23.5. The van der Waals surface area contributed by atoms with E-state index in [0.717, 1.165) is 89.5 Å². The molecule has 6 aliphatic heterocycles. The molecular formula is C54H52N8O8. The molecule has 70 heavy (non-hydrogen) atoms. The lowest BCUT2D eigenvalue weighted by Crippen LogP contribution is -2.41. The number of hydrogen-bond donors (Lipinski definition) is 4. The lowest BCUT2D eigenvalue weighted by molar-refractivity contribution is -0.126. The highest BCUT2D eigenvalue weighted by molar-refractivity contribution is 5.97. The van der Waals surface area contributed by atoms with Crippen molar-refractivity contribution in [2.75, 3.05) is 60.8 Å². The number of rotatable bonds is 8. The number of nitrogens with zero attached hydrogens (tertiary/aromatic N) is 4. The number of aryl methyl sites for hydroxylation is 4. The summed E-state index contributed by atoms with van der Waals surface area (Å²) in [5.74, 6) is 0.586. The molecule has 4 aromatic carbocycles. The van der Waals surface area contributed by atoms with E-state index in [0.29, 0.717) is 62.2 Å². The van der Waals surface area contributed by atoms with Gasteiger partial charge in [-0.3, -0.25) is 19.2 Å². The molecule has 6 aliphatic rings. The van der Waals surface area contributed by atoms with Crippen molar-refractivity contribution in [2.45, 2.75) is 65.2 Å². The van der Waals surface area contributed by atoms with Gasteiger partial charge in [-0.25, -0.2) is 9.97 Å². The number of benzene rings is 4. The van der Waals surface area contributed by atoms with Gasteiger partial charge in [0, 0.05) is 60.1 Å². The Kier molecular flexibility index (Phi) is 11.4. The smallest absolute Gasteiger partial charge is 0.253 e. The van der Waals surface area contributed by atoms with E-state index in [4.69, 9.17) is 30.4 Å². The first-order chi connectivity index (χ1) is 33.8. The second-order valence-corrected chi connectivity index (χ2v) is 18.5. The van der Waals surface area contributed by atoms with E-state index < -0.39 is 0 Å². The van der Waals surface area contributed by atoms with Crippen LogP contribution in [-0.4, -0.2) is 73.1 Å². The molecule has 0 saturated carbocycles. The van der Waals surface area contributed by atoms with Gasteiger partial charge in [-0.05, 0) is 155 Å². The third-order valence-corrected chi connectivity index (χ3v) is 14.2. The fraction of sp³-hybridized carbons (Fsp3) is 0.296. The molecule has 2 aromatic heterocycles. The number of nitrogens with two attached hydrogens (primary N) is 2. The number of pyridine rings is 2. The van der Waals surface area contributed by atoms with E-state index in [1.807, 2.05) is 107 Å². The molecular weight excluding hydrogens is 889 g/mol. The third kappa shape index (κ3) is 7.92. The molecule has 2 fully saturated rings. The van der Waals surface area contributed by atoms with Crippen LogP contribution in [0.3, 0.4) is 0 Å². The number of anilines is 4. The minimum atomic E-state index is -0.250. The summed E-state index contributed by atoms with van der Waals surface area (Å²) in [6.45, 7) is 10.8. The Morgan fingerprint density at radius 2 is 0.914 bits per heavy atom. The van der Waals surface area contributed by atoms with Crippen LogP contribution in [0.15, 0.2) is 84.9 Å². The summed E-state index contributed by atoms with van der Waals surface area (Å²) in [4.78, 5) is 62.7. The van der Waals surface area contributed by atoms with Gasteiger partial charge >= 0.3 is 0 Å². The first kappa shape index (κ1) is 45.0. The predicted molar refractivity (Wildman–Crippen MR) is 260 cm³/mol. The van der Waals surface area contributed by atoms with Gasteiger partial charge in [0.15, 0.2) is 0 Å². The number of aromatic nitrogens is 2. The largest absolute Gasteiger partial charge is 0.384 e. The van der Waals surface area contributed by atoms with Crippen LogP contribution in [0.2, 0.25) is 0 Å². The number of carbonyl (C=O) groups is 4. The Morgan fingerprint density at radius 3 is 1.31 bits per heavy atom. The maximum absolute atomic E-state index is 13.0. The molecule has 4 amide bonds. The van der Waals surface area contributed by atoms with Gasteiger partial charge in [0.1, 0.15) is 49.3 Å². The van der Waals surface area contributed by atoms with Crippen molar-refractivity contribution in [2.24, 2.45) is 0 Å². The highest BCUT2D eigenvalue weighted by Crippen LogP contribution is 2.56. The second kappa shape index (κ2) is 17.8. The summed E-state index contributed by atoms with van der Waals surface area (Å²) >= 11 is 0. The average molecular weight is 941 g/mol. The summed E-state index contributed by atoms with van der Waals surface area (Å²) < 4.78 is 23.1. The number of morpholine rings is 2. The fourth-order valence-electron chi connectivity index (χ4n) is 10.7. The van der Waals surface area contributed by atoms with Crippen molar-refractivity contribution < 1.29 is 38.1 Å². The molecule has 6 N–H and O–H groups in total. The molecule has 4 bridgehead atoms. The number of ether oxygens (including phenoxy) is 4. The standard InChI is InChI=1S/2C27H26N4O4/c1-14-9-23(28)30-15(2)22(14)12-29-27(33)16-3-5-18-20(10-16)25-19-6-4-17(11-21(19)26(18)35-25)31-7-8-34-13-24(31)32;1-14-9-23(28)30-15(2)22(14)12-29-27(33)16-3-5-18-20(10-16)26-21-11-17(4-6-19(21)25(18)35-26)31-7-8-34-13-24(31)32/h2*3-6,9-11,25-26H,7-8,12-13H2,1-2H3,(H2,28,30)(H,29,33). The Balaban J connectivity index is 0.000000152. The Bertz CT molecular complexity index is 3150. The minimum Gasteiger partial charge on any atom is -0.384 e. The van der Waals surface area contributed by atoms with E-state index in [9.17, 15) is 19.2 Å². The summed E-state index contributed by atoms with van der Waals surface area (Å²) in [5, 5.41) is 6.02. The normalized spacial score (nSPS) is 20.1. The Hall–Kier alpha value is -7.50. The number of nitrogen functional groups attached to an aromatic ring is 2. The number of hydrogen-bond acceptors (Lipinski definition) is 12. The van der Waals surface area contributed by atoms with Crippen LogP contribution in [0, 0.1) is 27.7 Å². The van der Waals surface area contributed by atoms with Crippen LogP contribution >= 0.6 is 0 Å². The maximum atomic E-state index is 13.0. The van der Waals surface area contributed by atoms with E-state index >= 15 is 0 Å². The zero-order chi connectivity index (χ0) is 48.5. The molecule has 12 rings (SSSR count). The molecule has 4 atom stereocenters. The molecule has 0 aliphatic carbocycles. The summed E-state index contributed by atoms with van der Waals surface area (Å²) in [6, 6.07) is 27.3. The van der Waals surface area contributed by atoms with Crippen LogP contribution in [0.5, 0.6) is 0 Å². The maximum Gasteiger partial charge on any atom is 0.253 e. The van der Waals surface area contributed by atoms with Gasteiger partial charge in [0.2, 0.25) is 0 Å². The molecule has 8 heterocycles. The van der Waals surface area contributed by atoms with Crippen LogP contribution in [0.1, 0.15) is 123 Å². The molecule has 0 radical (unpaired) electrons. The van der Waals surface area contributed by atoms with E-state index in [-0.39, 0.29) is 61.3 Å². The van der Waals surface area contributed by atoms with Crippen molar-refractivity contribution in [3.05, 3.63) is 174 Å². The molecule has 16 heteroatoms. The highest BCUT2D eigenvalue weighted by Gasteiger charge is 2.45. The predicted octanol–water partition coefficient (Wildman–Crippen LogP) is 6.19. The van der Waals surface area contributed by atoms with Crippen molar-refractivity contribution in [3.8, 4) is 0 Å². The molecule has 2 saturated heterocycles. The summed E-state index contributed by atoms with van der Waals surface area (Å²) in [5.41, 5.74) is 28.6. The van der Waals surface area contributed by atoms with Crippen LogP contribution in [-0.2, 0) is 41.6 Å².